The molecule has 0 saturated heterocycles. The van der Waals surface area contributed by atoms with Gasteiger partial charge in [0, 0.05) is 23.8 Å². The van der Waals surface area contributed by atoms with Crippen LogP contribution in [-0.4, -0.2) is 15.9 Å². The lowest BCUT2D eigenvalue weighted by Crippen LogP contribution is -2.13. The Labute approximate surface area is 168 Å². The van der Waals surface area contributed by atoms with Gasteiger partial charge in [-0.2, -0.15) is 0 Å². The normalized spacial score (nSPS) is 10.8. The molecule has 3 aromatic rings. The highest BCUT2D eigenvalue weighted by Crippen LogP contribution is 2.29. The number of hydrogen-bond donors (Lipinski definition) is 2. The van der Waals surface area contributed by atoms with Gasteiger partial charge in [-0.1, -0.05) is 43.6 Å². The van der Waals surface area contributed by atoms with Crippen LogP contribution in [-0.2, 0) is 0 Å². The number of carbonyl (C=O) groups excluding carboxylic acids is 1. The van der Waals surface area contributed by atoms with E-state index in [9.17, 15) is 9.18 Å². The highest BCUT2D eigenvalue weighted by molar-refractivity contribution is 6.31. The minimum Gasteiger partial charge on any atom is -0.324 e. The average molecular weight is 399 g/mol. The summed E-state index contributed by atoms with van der Waals surface area (Å²) < 4.78 is 13.2. The number of amides is 1. The molecule has 0 spiro atoms. The van der Waals surface area contributed by atoms with Crippen molar-refractivity contribution in [2.45, 2.75) is 26.7 Å². The van der Waals surface area contributed by atoms with Crippen molar-refractivity contribution in [3.63, 3.8) is 0 Å². The maximum atomic E-state index is 13.2. The molecule has 0 unspecified atom stereocenters. The van der Waals surface area contributed by atoms with Gasteiger partial charge in [0.05, 0.1) is 10.6 Å². The van der Waals surface area contributed by atoms with Gasteiger partial charge in [-0.25, -0.2) is 14.4 Å². The fourth-order valence-corrected chi connectivity index (χ4v) is 2.92. The van der Waals surface area contributed by atoms with E-state index in [4.69, 9.17) is 11.6 Å². The minimum absolute atomic E-state index is 0.0622. The number of benzene rings is 2. The Morgan fingerprint density at radius 2 is 1.86 bits per heavy atom. The number of hydrogen-bond acceptors (Lipinski definition) is 4. The fourth-order valence-electron chi connectivity index (χ4n) is 2.74. The molecule has 0 atom stereocenters. The van der Waals surface area contributed by atoms with Crippen LogP contribution < -0.4 is 10.6 Å². The monoisotopic (exact) mass is 398 g/mol. The van der Waals surface area contributed by atoms with E-state index in [-0.39, 0.29) is 10.6 Å². The summed E-state index contributed by atoms with van der Waals surface area (Å²) in [6, 6.07) is 10.1. The van der Waals surface area contributed by atoms with Crippen molar-refractivity contribution in [3.8, 4) is 0 Å². The highest BCUT2D eigenvalue weighted by Gasteiger charge is 2.12. The predicted molar refractivity (Wildman–Crippen MR) is 110 cm³/mol. The van der Waals surface area contributed by atoms with Gasteiger partial charge in [-0.3, -0.25) is 4.79 Å². The summed E-state index contributed by atoms with van der Waals surface area (Å²) in [4.78, 5) is 20.8. The van der Waals surface area contributed by atoms with Crippen molar-refractivity contribution in [1.29, 1.82) is 0 Å². The molecule has 1 amide bonds. The zero-order valence-electron chi connectivity index (χ0n) is 15.8. The molecule has 0 fully saturated rings. The second kappa shape index (κ2) is 8.35. The van der Waals surface area contributed by atoms with Crippen molar-refractivity contribution in [2.24, 2.45) is 0 Å². The summed E-state index contributed by atoms with van der Waals surface area (Å²) in [6.07, 6.45) is 2.87. The van der Waals surface area contributed by atoms with Crippen LogP contribution in [0.5, 0.6) is 0 Å². The molecule has 5 nitrogen and oxygen atoms in total. The quantitative estimate of drug-likeness (QED) is 0.578. The van der Waals surface area contributed by atoms with Crippen molar-refractivity contribution in [2.75, 3.05) is 10.6 Å². The third-order valence-corrected chi connectivity index (χ3v) is 4.54. The summed E-state index contributed by atoms with van der Waals surface area (Å²) in [5, 5.41) is 5.81. The molecule has 7 heteroatoms. The number of aryl methyl sites for hydroxylation is 1. The highest BCUT2D eigenvalue weighted by atomic mass is 35.5. The van der Waals surface area contributed by atoms with Gasteiger partial charge in [-0.15, -0.1) is 0 Å². The number of aromatic nitrogens is 2. The van der Waals surface area contributed by atoms with E-state index < -0.39 is 11.7 Å². The van der Waals surface area contributed by atoms with E-state index in [1.807, 2.05) is 19.1 Å². The van der Waals surface area contributed by atoms with Crippen LogP contribution in [0, 0.1) is 12.7 Å². The molecule has 0 radical (unpaired) electrons. The van der Waals surface area contributed by atoms with Crippen LogP contribution in [0.4, 0.5) is 21.7 Å². The van der Waals surface area contributed by atoms with Gasteiger partial charge in [0.15, 0.2) is 0 Å². The summed E-state index contributed by atoms with van der Waals surface area (Å²) in [5.74, 6) is -0.212. The van der Waals surface area contributed by atoms with Gasteiger partial charge >= 0.3 is 0 Å². The minimum atomic E-state index is -0.546. The Balaban J connectivity index is 1.75. The number of nitrogens with zero attached hydrogens (tertiary/aromatic N) is 2. The topological polar surface area (TPSA) is 66.9 Å². The van der Waals surface area contributed by atoms with Crippen LogP contribution >= 0.6 is 11.6 Å². The van der Waals surface area contributed by atoms with Crippen molar-refractivity contribution >= 4 is 34.8 Å². The standard InChI is InChI=1S/C21H20ClFN4O/c1-12(2)16-6-4-5-13(3)19(16)27-21-24-10-14(11-25-21)20(28)26-15-7-8-18(23)17(22)9-15/h4-12H,1-3H3,(H,26,28)(H,24,25,27). The van der Waals surface area contributed by atoms with E-state index in [1.165, 1.54) is 36.2 Å². The Bertz CT molecular complexity index is 1010. The number of anilines is 3. The predicted octanol–water partition coefficient (Wildman–Crippen LogP) is 5.70. The van der Waals surface area contributed by atoms with Gasteiger partial charge in [0.1, 0.15) is 5.82 Å². The van der Waals surface area contributed by atoms with Gasteiger partial charge in [0.25, 0.3) is 5.91 Å². The van der Waals surface area contributed by atoms with E-state index in [2.05, 4.69) is 40.5 Å². The van der Waals surface area contributed by atoms with Gasteiger partial charge < -0.3 is 10.6 Å². The van der Waals surface area contributed by atoms with E-state index in [0.29, 0.717) is 17.6 Å². The molecule has 3 rings (SSSR count). The second-order valence-electron chi connectivity index (χ2n) is 6.70. The molecule has 0 aliphatic heterocycles. The van der Waals surface area contributed by atoms with Crippen LogP contribution in [0.15, 0.2) is 48.8 Å². The molecule has 1 aromatic heterocycles. The Hall–Kier alpha value is -2.99. The molecule has 144 valence electrons. The Morgan fingerprint density at radius 3 is 2.50 bits per heavy atom. The first-order chi connectivity index (χ1) is 13.3. The van der Waals surface area contributed by atoms with E-state index in [1.54, 1.807) is 0 Å². The van der Waals surface area contributed by atoms with Crippen LogP contribution in [0.1, 0.15) is 41.3 Å². The maximum Gasteiger partial charge on any atom is 0.258 e. The third kappa shape index (κ3) is 4.46. The van der Waals surface area contributed by atoms with Gasteiger partial charge in [0.2, 0.25) is 5.95 Å². The molecule has 0 aliphatic carbocycles. The summed E-state index contributed by atoms with van der Waals surface area (Å²) in [5.41, 5.74) is 3.89. The average Bonchev–Trinajstić information content (AvgIpc) is 2.66. The number of rotatable bonds is 5. The first-order valence-electron chi connectivity index (χ1n) is 8.80. The molecule has 0 bridgehead atoms. The molecule has 2 aromatic carbocycles. The molecule has 28 heavy (non-hydrogen) atoms. The maximum absolute atomic E-state index is 13.2. The third-order valence-electron chi connectivity index (χ3n) is 4.26. The fraction of sp³-hybridized carbons (Fsp3) is 0.190. The molecule has 2 N–H and O–H groups in total. The molecular formula is C21H20ClFN4O. The zero-order valence-corrected chi connectivity index (χ0v) is 16.5. The summed E-state index contributed by atoms with van der Waals surface area (Å²) in [6.45, 7) is 6.26. The van der Waals surface area contributed by atoms with Crippen molar-refractivity contribution in [1.82, 2.24) is 9.97 Å². The molecule has 1 heterocycles. The van der Waals surface area contributed by atoms with E-state index in [0.717, 1.165) is 11.3 Å². The number of nitrogens with one attached hydrogen (secondary N) is 2. The van der Waals surface area contributed by atoms with Crippen molar-refractivity contribution in [3.05, 3.63) is 76.3 Å². The lowest BCUT2D eigenvalue weighted by molar-refractivity contribution is 0.102. The first kappa shape index (κ1) is 19.8. The van der Waals surface area contributed by atoms with Crippen LogP contribution in [0.2, 0.25) is 5.02 Å². The molecule has 0 aliphatic rings. The van der Waals surface area contributed by atoms with Crippen LogP contribution in [0.25, 0.3) is 0 Å². The largest absolute Gasteiger partial charge is 0.324 e. The number of halogens is 2. The number of carbonyl (C=O) groups is 1. The van der Waals surface area contributed by atoms with Crippen molar-refractivity contribution < 1.29 is 9.18 Å². The number of para-hydroxylation sites is 1. The Kier molecular flexibility index (Phi) is 5.90. The smallest absolute Gasteiger partial charge is 0.258 e. The molecular weight excluding hydrogens is 379 g/mol. The summed E-state index contributed by atoms with van der Waals surface area (Å²) >= 11 is 5.73. The van der Waals surface area contributed by atoms with Crippen LogP contribution in [0.3, 0.4) is 0 Å². The summed E-state index contributed by atoms with van der Waals surface area (Å²) in [7, 11) is 0. The zero-order chi connectivity index (χ0) is 20.3. The lowest BCUT2D eigenvalue weighted by Gasteiger charge is -2.16. The first-order valence-corrected chi connectivity index (χ1v) is 9.18. The van der Waals surface area contributed by atoms with Gasteiger partial charge in [-0.05, 0) is 42.2 Å². The Morgan fingerprint density at radius 1 is 1.14 bits per heavy atom. The second-order valence-corrected chi connectivity index (χ2v) is 7.10. The lowest BCUT2D eigenvalue weighted by atomic mass is 9.98. The molecule has 0 saturated carbocycles. The van der Waals surface area contributed by atoms with E-state index >= 15 is 0 Å². The SMILES string of the molecule is Cc1cccc(C(C)C)c1Nc1ncc(C(=O)Nc2ccc(F)c(Cl)c2)cn1.